The maximum atomic E-state index is 15.4. The molecule has 0 bridgehead atoms. The maximum Gasteiger partial charge on any atom is 0.292 e. The van der Waals surface area contributed by atoms with Crippen LogP contribution in [0.1, 0.15) is 263 Å². The minimum atomic E-state index is -0.535. The normalized spacial score (nSPS) is 17.5. The van der Waals surface area contributed by atoms with Gasteiger partial charge in [-0.15, -0.1) is 0 Å². The van der Waals surface area contributed by atoms with Crippen LogP contribution in [0.25, 0.3) is 21.5 Å². The third kappa shape index (κ3) is 9.26. The molecular weight excluding hydrogens is 1050 g/mol. The summed E-state index contributed by atoms with van der Waals surface area (Å²) in [5, 5.41) is 27.0. The number of carbonyl (C=O) groups excluding carboxylic acids is 4. The van der Waals surface area contributed by atoms with Gasteiger partial charge in [-0.3, -0.25) is 39.4 Å². The molecule has 12 nitrogen and oxygen atoms in total. The molecule has 7 aromatic rings. The predicted octanol–water partition coefficient (Wildman–Crippen LogP) is 17.1. The zero-order valence-electron chi connectivity index (χ0n) is 48.1. The van der Waals surface area contributed by atoms with Gasteiger partial charge in [0.15, 0.2) is 0 Å². The molecule has 4 saturated carbocycles. The third-order valence-electron chi connectivity index (χ3n) is 19.3. The van der Waals surface area contributed by atoms with E-state index < -0.39 is 33.5 Å². The van der Waals surface area contributed by atoms with E-state index in [0.29, 0.717) is 22.5 Å². The Bertz CT molecular complexity index is 3810. The summed E-state index contributed by atoms with van der Waals surface area (Å²) in [5.74, 6) is 11.4. The summed E-state index contributed by atoms with van der Waals surface area (Å²) in [6.45, 7) is 8.70. The van der Waals surface area contributed by atoms with Gasteiger partial charge in [0.05, 0.1) is 43.1 Å². The Balaban J connectivity index is 0.890. The van der Waals surface area contributed by atoms with Crippen LogP contribution in [0.3, 0.4) is 0 Å². The third-order valence-corrected chi connectivity index (χ3v) is 19.3. The van der Waals surface area contributed by atoms with Gasteiger partial charge in [-0.25, -0.2) is 9.80 Å². The average molecular weight is 1120 g/mol. The number of nitrogens with zero attached hydrogens (tertiary/aromatic N) is 4. The van der Waals surface area contributed by atoms with Gasteiger partial charge >= 0.3 is 0 Å². The Morgan fingerprint density at radius 1 is 0.417 bits per heavy atom. The van der Waals surface area contributed by atoms with Gasteiger partial charge in [0.1, 0.15) is 11.1 Å². The Morgan fingerprint density at radius 3 is 1.04 bits per heavy atom. The van der Waals surface area contributed by atoms with E-state index in [4.69, 9.17) is 0 Å². The van der Waals surface area contributed by atoms with Crippen molar-refractivity contribution in [2.24, 2.45) is 0 Å². The lowest BCUT2D eigenvalue weighted by Gasteiger charge is -2.34. The highest BCUT2D eigenvalue weighted by Gasteiger charge is 2.44. The number of nitro groups is 2. The van der Waals surface area contributed by atoms with Gasteiger partial charge in [0.25, 0.3) is 35.0 Å². The smallest absolute Gasteiger partial charge is 0.268 e. The van der Waals surface area contributed by atoms with Crippen molar-refractivity contribution in [2.45, 2.75) is 166 Å². The molecule has 7 aromatic carbocycles. The number of nitro benzene ring substituents is 2. The molecule has 0 spiro atoms. The molecule has 2 heterocycles. The van der Waals surface area contributed by atoms with Gasteiger partial charge in [0, 0.05) is 33.0 Å². The fraction of sp³-hybridized carbons (Fsp3) is 0.361. The van der Waals surface area contributed by atoms with Gasteiger partial charge < -0.3 is 0 Å². The molecule has 0 saturated heterocycles. The lowest BCUT2D eigenvalue weighted by Crippen LogP contribution is -2.42. The Labute approximate surface area is 489 Å². The largest absolute Gasteiger partial charge is 0.292 e. The monoisotopic (exact) mass is 1110 g/mol. The van der Waals surface area contributed by atoms with Gasteiger partial charge in [-0.1, -0.05) is 145 Å². The lowest BCUT2D eigenvalue weighted by molar-refractivity contribution is -0.383. The molecule has 4 fully saturated rings. The number of anilines is 2. The van der Waals surface area contributed by atoms with E-state index in [-0.39, 0.29) is 102 Å². The lowest BCUT2D eigenvalue weighted by atomic mass is 9.82. The van der Waals surface area contributed by atoms with Crippen molar-refractivity contribution in [2.75, 3.05) is 9.80 Å². The number of amides is 4. The molecule has 13 rings (SSSR count). The Morgan fingerprint density at radius 2 is 0.726 bits per heavy atom. The molecule has 0 radical (unpaired) electrons. The second-order valence-electron chi connectivity index (χ2n) is 24.9. The zero-order chi connectivity index (χ0) is 58.2. The quantitative estimate of drug-likeness (QED) is 0.0566. The van der Waals surface area contributed by atoms with Crippen molar-refractivity contribution in [1.29, 1.82) is 0 Å². The van der Waals surface area contributed by atoms with E-state index >= 15 is 19.2 Å². The molecular formula is C72H66N4O8. The van der Waals surface area contributed by atoms with Crippen LogP contribution in [0.4, 0.5) is 22.7 Å². The molecule has 0 unspecified atom stereocenters. The summed E-state index contributed by atoms with van der Waals surface area (Å²) in [6, 6.07) is 28.3. The van der Waals surface area contributed by atoms with Crippen LogP contribution in [0, 0.1) is 43.9 Å². The number of carbonyl (C=O) groups is 4. The fourth-order valence-electron chi connectivity index (χ4n) is 15.0. The van der Waals surface area contributed by atoms with E-state index in [9.17, 15) is 20.2 Å². The molecule has 0 atom stereocenters. The number of rotatable bonds is 10. The predicted molar refractivity (Wildman–Crippen MR) is 328 cm³/mol. The standard InChI is InChI=1S/C72H66N4O8/c1-41(2)51-37-57(45-18-5-6-19-45)67(58(38-51)46-20-7-8-21-46)73-69(77)55-28-14-26-53-63(55)61(71(73)79)35-49(65(53)75(81)82)32-30-43-16-13-17-44(34-43)31-33-50-36-62-64-54(66(50)76(83)84)27-15-29-56(64)70(78)74(72(62)80)68-59(47-22-9-10-23-47)39-52(42(3)4)40-60(68)48-24-11-12-25-48/h13-17,26-29,34-42,45-48H,5-12,18-25H2,1-4H3. The summed E-state index contributed by atoms with van der Waals surface area (Å²) in [5.41, 5.74) is 8.83. The summed E-state index contributed by atoms with van der Waals surface area (Å²) < 4.78 is 0. The zero-order valence-corrected chi connectivity index (χ0v) is 48.1. The Kier molecular flexibility index (Phi) is 14.1. The molecule has 6 aliphatic rings. The van der Waals surface area contributed by atoms with Crippen LogP contribution >= 0.6 is 0 Å². The molecule has 422 valence electrons. The second kappa shape index (κ2) is 21.8. The highest BCUT2D eigenvalue weighted by molar-refractivity contribution is 6.38. The summed E-state index contributed by atoms with van der Waals surface area (Å²) in [7, 11) is 0. The molecule has 4 amide bonds. The first-order valence-electron chi connectivity index (χ1n) is 30.4. The van der Waals surface area contributed by atoms with Crippen LogP contribution < -0.4 is 9.80 Å². The van der Waals surface area contributed by atoms with Crippen LogP contribution in [-0.4, -0.2) is 33.5 Å². The second-order valence-corrected chi connectivity index (χ2v) is 24.9. The number of imide groups is 2. The van der Waals surface area contributed by atoms with E-state index in [2.05, 4.69) is 75.6 Å². The highest BCUT2D eigenvalue weighted by Crippen LogP contribution is 2.52. The molecule has 2 aliphatic heterocycles. The van der Waals surface area contributed by atoms with Crippen LogP contribution in [0.5, 0.6) is 0 Å². The van der Waals surface area contributed by atoms with Gasteiger partial charge in [-0.05, 0) is 175 Å². The van der Waals surface area contributed by atoms with Crippen LogP contribution in [0.2, 0.25) is 0 Å². The molecule has 4 aliphatic carbocycles. The highest BCUT2D eigenvalue weighted by atomic mass is 16.6. The first-order valence-corrected chi connectivity index (χ1v) is 30.4. The van der Waals surface area contributed by atoms with Crippen molar-refractivity contribution < 1.29 is 29.0 Å². The first kappa shape index (κ1) is 54.5. The van der Waals surface area contributed by atoms with Crippen LogP contribution in [-0.2, 0) is 0 Å². The molecule has 0 N–H and O–H groups in total. The number of hydrogen-bond donors (Lipinski definition) is 0. The average Bonchev–Trinajstić information content (AvgIpc) is 1.20. The minimum Gasteiger partial charge on any atom is -0.268 e. The molecule has 0 aromatic heterocycles. The fourth-order valence-corrected chi connectivity index (χ4v) is 15.0. The van der Waals surface area contributed by atoms with Crippen molar-refractivity contribution >= 4 is 67.9 Å². The SMILES string of the molecule is CC(C)c1cc(C2CCCC2)c(N2C(=O)c3cccc4c([N+](=O)[O-])c(C#Cc5cccc(C#Cc6cc7c8c(cccc8c6[N+](=O)[O-])C(=O)N(c6c(C8CCCC8)cc(C(C)C)cc6C6CCCC6)C7=O)c5)cc(c34)C2=O)c(C2CCCC2)c1. The van der Waals surface area contributed by atoms with Gasteiger partial charge in [-0.2, -0.15) is 0 Å². The van der Waals surface area contributed by atoms with Crippen molar-refractivity contribution in [1.82, 2.24) is 0 Å². The van der Waals surface area contributed by atoms with Crippen molar-refractivity contribution in [3.8, 4) is 23.7 Å². The molecule has 12 heteroatoms. The summed E-state index contributed by atoms with van der Waals surface area (Å²) in [4.78, 5) is 88.8. The van der Waals surface area contributed by atoms with E-state index in [1.165, 1.54) is 33.1 Å². The Hall–Kier alpha value is -8.74. The van der Waals surface area contributed by atoms with Crippen molar-refractivity contribution in [3.63, 3.8) is 0 Å². The molecule has 84 heavy (non-hydrogen) atoms. The summed E-state index contributed by atoms with van der Waals surface area (Å²) in [6.07, 6.45) is 16.2. The van der Waals surface area contributed by atoms with Gasteiger partial charge in [0.2, 0.25) is 0 Å². The minimum absolute atomic E-state index is 0.000106. The van der Waals surface area contributed by atoms with E-state index in [1.54, 1.807) is 60.7 Å². The topological polar surface area (TPSA) is 161 Å². The summed E-state index contributed by atoms with van der Waals surface area (Å²) >= 11 is 0. The van der Waals surface area contributed by atoms with E-state index in [1.807, 2.05) is 0 Å². The number of benzene rings is 7. The first-order chi connectivity index (χ1) is 40.7. The van der Waals surface area contributed by atoms with Crippen LogP contribution in [0.15, 0.2) is 97.1 Å². The maximum absolute atomic E-state index is 15.4. The van der Waals surface area contributed by atoms with Crippen molar-refractivity contribution in [3.05, 3.63) is 195 Å². The van der Waals surface area contributed by atoms with E-state index in [0.717, 1.165) is 125 Å². The number of hydrogen-bond acceptors (Lipinski definition) is 8.